The summed E-state index contributed by atoms with van der Waals surface area (Å²) in [5, 5.41) is 0. The molecule has 1 aliphatic heterocycles. The molecule has 1 nitrogen and oxygen atoms in total. The molecule has 0 fully saturated rings. The molecule has 0 aromatic rings. The van der Waals surface area contributed by atoms with Crippen LogP contribution in [0.1, 0.15) is 27.7 Å². The topological polar surface area (TPSA) is 3.24 Å². The molecule has 2 rings (SSSR count). The highest BCUT2D eigenvalue weighted by Crippen LogP contribution is 2.39. The minimum Gasteiger partial charge on any atom is -0.368 e. The van der Waals surface area contributed by atoms with Gasteiger partial charge < -0.3 is 4.90 Å². The number of fused-ring (bicyclic) bond motifs is 1. The summed E-state index contributed by atoms with van der Waals surface area (Å²) in [6.45, 7) is 9.02. The summed E-state index contributed by atoms with van der Waals surface area (Å²) >= 11 is 0. The molecule has 0 aromatic heterocycles. The molecular formula is C13H19N. The van der Waals surface area contributed by atoms with Crippen LogP contribution in [0, 0.1) is 5.92 Å². The Morgan fingerprint density at radius 1 is 1.29 bits per heavy atom. The number of allylic oxidation sites excluding steroid dienone is 3. The van der Waals surface area contributed by atoms with E-state index in [1.165, 1.54) is 22.4 Å². The van der Waals surface area contributed by atoms with E-state index in [1.807, 2.05) is 0 Å². The standard InChI is InChI=1S/C13H19N/c1-8(2)11-6-12-9(3)10(4)14(5)13(12)7-11/h6-8,10H,1-5H3. The van der Waals surface area contributed by atoms with Crippen molar-refractivity contribution in [3.63, 3.8) is 0 Å². The van der Waals surface area contributed by atoms with Crippen LogP contribution in [-0.4, -0.2) is 18.0 Å². The predicted molar refractivity (Wildman–Crippen MR) is 60.9 cm³/mol. The maximum Gasteiger partial charge on any atom is 0.0477 e. The van der Waals surface area contributed by atoms with E-state index in [2.05, 4.69) is 51.8 Å². The zero-order valence-corrected chi connectivity index (χ0v) is 9.76. The predicted octanol–water partition coefficient (Wildman–Crippen LogP) is 3.12. The Bertz CT molecular complexity index is 355. The second-order valence-corrected chi connectivity index (χ2v) is 4.71. The van der Waals surface area contributed by atoms with Crippen LogP contribution in [0.5, 0.6) is 0 Å². The monoisotopic (exact) mass is 189 g/mol. The van der Waals surface area contributed by atoms with Crippen molar-refractivity contribution in [2.45, 2.75) is 33.7 Å². The summed E-state index contributed by atoms with van der Waals surface area (Å²) in [5.74, 6) is 0.636. The molecule has 0 saturated carbocycles. The van der Waals surface area contributed by atoms with Crippen molar-refractivity contribution in [2.75, 3.05) is 7.05 Å². The normalized spacial score (nSPS) is 25.9. The van der Waals surface area contributed by atoms with Crippen molar-refractivity contribution in [3.8, 4) is 0 Å². The zero-order valence-electron chi connectivity index (χ0n) is 9.76. The number of likely N-dealkylation sites (N-methyl/N-ethyl adjacent to an activating group) is 1. The molecule has 1 aliphatic carbocycles. The van der Waals surface area contributed by atoms with Crippen LogP contribution >= 0.6 is 0 Å². The lowest BCUT2D eigenvalue weighted by atomic mass is 10.0. The van der Waals surface area contributed by atoms with Crippen LogP contribution in [0.15, 0.2) is 34.6 Å². The molecule has 1 unspecified atom stereocenters. The molecule has 1 heteroatoms. The average Bonchev–Trinajstić information content (AvgIpc) is 2.64. The Morgan fingerprint density at radius 3 is 2.43 bits per heavy atom. The van der Waals surface area contributed by atoms with Crippen LogP contribution in [0.4, 0.5) is 0 Å². The first-order chi connectivity index (χ1) is 6.52. The molecule has 0 amide bonds. The number of hydrogen-bond acceptors (Lipinski definition) is 1. The largest absolute Gasteiger partial charge is 0.368 e. The van der Waals surface area contributed by atoms with E-state index in [4.69, 9.17) is 0 Å². The van der Waals surface area contributed by atoms with Crippen molar-refractivity contribution < 1.29 is 0 Å². The third kappa shape index (κ3) is 1.15. The Balaban J connectivity index is 2.43. The van der Waals surface area contributed by atoms with E-state index in [1.54, 1.807) is 0 Å². The van der Waals surface area contributed by atoms with Gasteiger partial charge in [0.05, 0.1) is 0 Å². The van der Waals surface area contributed by atoms with Gasteiger partial charge in [-0.3, -0.25) is 0 Å². The molecule has 0 bridgehead atoms. The molecule has 0 N–H and O–H groups in total. The third-order valence-corrected chi connectivity index (χ3v) is 3.57. The maximum atomic E-state index is 2.37. The summed E-state index contributed by atoms with van der Waals surface area (Å²) in [5.41, 5.74) is 5.85. The molecule has 0 spiro atoms. The molecule has 0 saturated heterocycles. The molecule has 76 valence electrons. The van der Waals surface area contributed by atoms with Gasteiger partial charge in [-0.1, -0.05) is 13.8 Å². The first-order valence-electron chi connectivity index (χ1n) is 5.39. The zero-order chi connectivity index (χ0) is 10.5. The van der Waals surface area contributed by atoms with Gasteiger partial charge in [0, 0.05) is 18.8 Å². The summed E-state index contributed by atoms with van der Waals surface area (Å²) in [6.07, 6.45) is 4.70. The average molecular weight is 189 g/mol. The lowest BCUT2D eigenvalue weighted by Gasteiger charge is -2.20. The summed E-state index contributed by atoms with van der Waals surface area (Å²) in [6, 6.07) is 0.571. The third-order valence-electron chi connectivity index (χ3n) is 3.57. The van der Waals surface area contributed by atoms with Crippen LogP contribution < -0.4 is 0 Å². The second kappa shape index (κ2) is 3.01. The molecule has 2 aliphatic rings. The lowest BCUT2D eigenvalue weighted by Crippen LogP contribution is -2.22. The highest BCUT2D eigenvalue weighted by atomic mass is 15.2. The van der Waals surface area contributed by atoms with Gasteiger partial charge in [-0.05, 0) is 48.6 Å². The van der Waals surface area contributed by atoms with Gasteiger partial charge >= 0.3 is 0 Å². The van der Waals surface area contributed by atoms with Crippen LogP contribution in [0.25, 0.3) is 0 Å². The number of hydrogen-bond donors (Lipinski definition) is 0. The number of rotatable bonds is 1. The molecule has 14 heavy (non-hydrogen) atoms. The lowest BCUT2D eigenvalue weighted by molar-refractivity contribution is 0.393. The fraction of sp³-hybridized carbons (Fsp3) is 0.538. The van der Waals surface area contributed by atoms with Gasteiger partial charge in [0.15, 0.2) is 0 Å². The summed E-state index contributed by atoms with van der Waals surface area (Å²) in [7, 11) is 2.18. The van der Waals surface area contributed by atoms with E-state index in [-0.39, 0.29) is 0 Å². The fourth-order valence-corrected chi connectivity index (χ4v) is 2.18. The Morgan fingerprint density at radius 2 is 1.93 bits per heavy atom. The van der Waals surface area contributed by atoms with E-state index in [0.29, 0.717) is 12.0 Å². The van der Waals surface area contributed by atoms with Crippen LogP contribution in [0.3, 0.4) is 0 Å². The molecule has 0 radical (unpaired) electrons. The second-order valence-electron chi connectivity index (χ2n) is 4.71. The van der Waals surface area contributed by atoms with Gasteiger partial charge in [0.25, 0.3) is 0 Å². The molecule has 1 heterocycles. The van der Waals surface area contributed by atoms with Gasteiger partial charge in [0.1, 0.15) is 0 Å². The molecule has 1 atom stereocenters. The first kappa shape index (κ1) is 9.57. The van der Waals surface area contributed by atoms with Crippen molar-refractivity contribution in [3.05, 3.63) is 34.6 Å². The van der Waals surface area contributed by atoms with E-state index in [9.17, 15) is 0 Å². The SMILES string of the molecule is CC1=C2C=C(C(C)C)C=C2N(C)C1C. The minimum atomic E-state index is 0.571. The minimum absolute atomic E-state index is 0.571. The summed E-state index contributed by atoms with van der Waals surface area (Å²) < 4.78 is 0. The first-order valence-corrected chi connectivity index (χ1v) is 5.39. The van der Waals surface area contributed by atoms with E-state index >= 15 is 0 Å². The summed E-state index contributed by atoms with van der Waals surface area (Å²) in [4.78, 5) is 2.37. The van der Waals surface area contributed by atoms with E-state index in [0.717, 1.165) is 0 Å². The fourth-order valence-electron chi connectivity index (χ4n) is 2.18. The highest BCUT2D eigenvalue weighted by Gasteiger charge is 2.30. The highest BCUT2D eigenvalue weighted by molar-refractivity contribution is 5.58. The quantitative estimate of drug-likeness (QED) is 0.612. The smallest absolute Gasteiger partial charge is 0.0477 e. The van der Waals surface area contributed by atoms with Crippen molar-refractivity contribution >= 4 is 0 Å². The number of nitrogens with zero attached hydrogens (tertiary/aromatic N) is 1. The van der Waals surface area contributed by atoms with Crippen molar-refractivity contribution in [2.24, 2.45) is 5.92 Å². The maximum absolute atomic E-state index is 2.37. The molecular weight excluding hydrogens is 170 g/mol. The van der Waals surface area contributed by atoms with Crippen LogP contribution in [-0.2, 0) is 0 Å². The Labute approximate surface area is 86.8 Å². The Kier molecular flexibility index (Phi) is 2.06. The van der Waals surface area contributed by atoms with Gasteiger partial charge in [-0.25, -0.2) is 0 Å². The Hall–Kier alpha value is -0.980. The van der Waals surface area contributed by atoms with Gasteiger partial charge in [0.2, 0.25) is 0 Å². The van der Waals surface area contributed by atoms with Gasteiger partial charge in [-0.15, -0.1) is 0 Å². The van der Waals surface area contributed by atoms with Crippen LogP contribution in [0.2, 0.25) is 0 Å². The van der Waals surface area contributed by atoms with Gasteiger partial charge in [-0.2, -0.15) is 0 Å². The van der Waals surface area contributed by atoms with Crippen molar-refractivity contribution in [1.29, 1.82) is 0 Å². The van der Waals surface area contributed by atoms with Crippen molar-refractivity contribution in [1.82, 2.24) is 4.90 Å². The van der Waals surface area contributed by atoms with E-state index < -0.39 is 0 Å². The molecule has 0 aromatic carbocycles.